The first-order valence-electron chi connectivity index (χ1n) is 9.56. The van der Waals surface area contributed by atoms with Crippen LogP contribution in [0.2, 0.25) is 0 Å². The minimum absolute atomic E-state index is 0.0771. The highest BCUT2D eigenvalue weighted by Crippen LogP contribution is 2.54. The quantitative estimate of drug-likeness (QED) is 0.655. The average Bonchev–Trinajstić information content (AvgIpc) is 3.25. The summed E-state index contributed by atoms with van der Waals surface area (Å²) < 4.78 is 12.0. The molecule has 2 bridgehead atoms. The Bertz CT molecular complexity index is 642. The summed E-state index contributed by atoms with van der Waals surface area (Å²) in [6, 6.07) is 0. The van der Waals surface area contributed by atoms with Crippen molar-refractivity contribution >= 4 is 5.78 Å². The van der Waals surface area contributed by atoms with Gasteiger partial charge in [-0.3, -0.25) is 4.79 Å². The number of hydrogen-bond donors (Lipinski definition) is 2. The molecule has 0 amide bonds. The van der Waals surface area contributed by atoms with Crippen LogP contribution in [-0.2, 0) is 14.3 Å². The number of epoxide rings is 1. The van der Waals surface area contributed by atoms with Gasteiger partial charge in [-0.2, -0.15) is 0 Å². The Morgan fingerprint density at radius 1 is 1.08 bits per heavy atom. The second-order valence-corrected chi connectivity index (χ2v) is 9.29. The van der Waals surface area contributed by atoms with Gasteiger partial charge in [0.15, 0.2) is 5.78 Å². The molecule has 0 aromatic heterocycles. The molecule has 0 radical (unpaired) electrons. The Morgan fingerprint density at radius 3 is 2.52 bits per heavy atom. The predicted octanol–water partition coefficient (Wildman–Crippen LogP) is 2.14. The molecule has 3 heterocycles. The fourth-order valence-corrected chi connectivity index (χ4v) is 5.18. The van der Waals surface area contributed by atoms with Crippen molar-refractivity contribution < 1.29 is 24.5 Å². The molecule has 4 rings (SSSR count). The fourth-order valence-electron chi connectivity index (χ4n) is 5.18. The molecular formula is C20H30O5. The SMILES string of the molecule is C[C@@H]1C[C@H](O)C2=C3CO[C@@](C)(CC[C@]31C)[C@@H](O)CC[C@@]1(C)O[C@@H]1C2=O. The molecule has 140 valence electrons. The first-order valence-corrected chi connectivity index (χ1v) is 9.56. The lowest BCUT2D eigenvalue weighted by Crippen LogP contribution is -2.43. The molecule has 0 unspecified atom stereocenters. The molecule has 5 nitrogen and oxygen atoms in total. The number of aliphatic hydroxyl groups excluding tert-OH is 2. The fraction of sp³-hybridized carbons (Fsp3) is 0.850. The van der Waals surface area contributed by atoms with E-state index in [1.54, 1.807) is 0 Å². The maximum atomic E-state index is 13.2. The van der Waals surface area contributed by atoms with E-state index in [4.69, 9.17) is 9.47 Å². The van der Waals surface area contributed by atoms with Crippen LogP contribution >= 0.6 is 0 Å². The minimum atomic E-state index is -0.752. The van der Waals surface area contributed by atoms with E-state index in [1.807, 2.05) is 13.8 Å². The highest BCUT2D eigenvalue weighted by atomic mass is 16.6. The second-order valence-electron chi connectivity index (χ2n) is 9.29. The molecule has 0 aromatic rings. The van der Waals surface area contributed by atoms with Crippen LogP contribution in [-0.4, -0.2) is 52.1 Å². The zero-order chi connectivity index (χ0) is 18.2. The second kappa shape index (κ2) is 5.38. The summed E-state index contributed by atoms with van der Waals surface area (Å²) in [4.78, 5) is 13.2. The Balaban J connectivity index is 1.87. The average molecular weight is 350 g/mol. The molecule has 2 N–H and O–H groups in total. The van der Waals surface area contributed by atoms with Crippen LogP contribution in [0, 0.1) is 11.3 Å². The normalized spacial score (nSPS) is 53.1. The smallest absolute Gasteiger partial charge is 0.193 e. The largest absolute Gasteiger partial charge is 0.390 e. The lowest BCUT2D eigenvalue weighted by molar-refractivity contribution is -0.118. The van der Waals surface area contributed by atoms with Crippen molar-refractivity contribution in [2.45, 2.75) is 89.3 Å². The minimum Gasteiger partial charge on any atom is -0.390 e. The van der Waals surface area contributed by atoms with Gasteiger partial charge in [0.25, 0.3) is 0 Å². The van der Waals surface area contributed by atoms with Crippen LogP contribution in [0.1, 0.15) is 59.8 Å². The molecule has 25 heavy (non-hydrogen) atoms. The third-order valence-corrected chi connectivity index (χ3v) is 7.71. The summed E-state index contributed by atoms with van der Waals surface area (Å²) in [6.07, 6.45) is 1.52. The van der Waals surface area contributed by atoms with E-state index in [-0.39, 0.29) is 17.1 Å². The van der Waals surface area contributed by atoms with Gasteiger partial charge in [0.2, 0.25) is 0 Å². The topological polar surface area (TPSA) is 79.3 Å². The summed E-state index contributed by atoms with van der Waals surface area (Å²) in [7, 11) is 0. The summed E-state index contributed by atoms with van der Waals surface area (Å²) in [5.41, 5.74) is 0.109. The third-order valence-electron chi connectivity index (χ3n) is 7.71. The van der Waals surface area contributed by atoms with Crippen molar-refractivity contribution in [2.24, 2.45) is 11.3 Å². The molecule has 2 fully saturated rings. The number of hydrogen-bond acceptors (Lipinski definition) is 5. The zero-order valence-electron chi connectivity index (χ0n) is 15.7. The number of fused-ring (bicyclic) bond motifs is 3. The van der Waals surface area contributed by atoms with Crippen molar-refractivity contribution in [1.82, 2.24) is 0 Å². The van der Waals surface area contributed by atoms with Crippen molar-refractivity contribution in [3.63, 3.8) is 0 Å². The van der Waals surface area contributed by atoms with Crippen LogP contribution in [0.25, 0.3) is 0 Å². The number of carbonyl (C=O) groups is 1. The lowest BCUT2D eigenvalue weighted by Gasteiger charge is -2.44. The summed E-state index contributed by atoms with van der Waals surface area (Å²) in [6.45, 7) is 8.55. The summed E-state index contributed by atoms with van der Waals surface area (Å²) in [5.74, 6) is 0.179. The Kier molecular flexibility index (Phi) is 3.80. The van der Waals surface area contributed by atoms with Crippen molar-refractivity contribution in [2.75, 3.05) is 6.61 Å². The Hall–Kier alpha value is -0.750. The van der Waals surface area contributed by atoms with Gasteiger partial charge in [-0.15, -0.1) is 0 Å². The van der Waals surface area contributed by atoms with E-state index in [0.29, 0.717) is 31.4 Å². The maximum absolute atomic E-state index is 13.2. The van der Waals surface area contributed by atoms with Gasteiger partial charge in [0.1, 0.15) is 11.7 Å². The van der Waals surface area contributed by atoms with Crippen LogP contribution < -0.4 is 0 Å². The number of carbonyl (C=O) groups excluding carboxylic acids is 1. The van der Waals surface area contributed by atoms with E-state index < -0.39 is 29.5 Å². The monoisotopic (exact) mass is 350 g/mol. The molecule has 5 heteroatoms. The highest BCUT2D eigenvalue weighted by Gasteiger charge is 2.60. The number of rotatable bonds is 0. The van der Waals surface area contributed by atoms with Gasteiger partial charge < -0.3 is 19.7 Å². The predicted molar refractivity (Wildman–Crippen MR) is 92.0 cm³/mol. The number of ketones is 1. The number of ether oxygens (including phenoxy) is 2. The molecular weight excluding hydrogens is 320 g/mol. The van der Waals surface area contributed by atoms with Crippen LogP contribution in [0.5, 0.6) is 0 Å². The maximum Gasteiger partial charge on any atom is 0.193 e. The van der Waals surface area contributed by atoms with E-state index >= 15 is 0 Å². The summed E-state index contributed by atoms with van der Waals surface area (Å²) >= 11 is 0. The van der Waals surface area contributed by atoms with E-state index in [2.05, 4.69) is 13.8 Å². The molecule has 0 aromatic carbocycles. The zero-order valence-corrected chi connectivity index (χ0v) is 15.7. The summed E-state index contributed by atoms with van der Waals surface area (Å²) in [5, 5.41) is 21.6. The first-order chi connectivity index (χ1) is 11.6. The van der Waals surface area contributed by atoms with E-state index in [1.165, 1.54) is 0 Å². The molecule has 3 aliphatic heterocycles. The van der Waals surface area contributed by atoms with Gasteiger partial charge in [-0.1, -0.05) is 13.8 Å². The van der Waals surface area contributed by atoms with Crippen molar-refractivity contribution in [3.8, 4) is 0 Å². The van der Waals surface area contributed by atoms with Crippen molar-refractivity contribution in [1.29, 1.82) is 0 Å². The number of aliphatic hydroxyl groups is 2. The molecule has 0 saturated carbocycles. The van der Waals surface area contributed by atoms with E-state index in [9.17, 15) is 15.0 Å². The van der Waals surface area contributed by atoms with Crippen LogP contribution in [0.4, 0.5) is 0 Å². The van der Waals surface area contributed by atoms with Crippen LogP contribution in [0.15, 0.2) is 11.1 Å². The highest BCUT2D eigenvalue weighted by molar-refractivity contribution is 6.03. The number of Topliss-reactive ketones (excluding diaryl/α,β-unsaturated/α-hetero) is 1. The van der Waals surface area contributed by atoms with E-state index in [0.717, 1.165) is 18.4 Å². The Labute approximate surface area is 149 Å². The van der Waals surface area contributed by atoms with Crippen molar-refractivity contribution in [3.05, 3.63) is 11.1 Å². The molecule has 1 aliphatic carbocycles. The lowest BCUT2D eigenvalue weighted by atomic mass is 9.61. The van der Waals surface area contributed by atoms with Crippen LogP contribution in [0.3, 0.4) is 0 Å². The molecule has 0 spiro atoms. The molecule has 4 aliphatic rings. The van der Waals surface area contributed by atoms with Gasteiger partial charge in [-0.25, -0.2) is 0 Å². The third kappa shape index (κ3) is 2.47. The standard InChI is InChI=1S/C20H30O5/c1-11-9-13(21)15-12-10-24-19(3,8-7-18(11,12)2)14(22)5-6-20(4)17(25-20)16(15)23/h11,13-14,17,21-22H,5-10H2,1-4H3/t11-,13+,14+,17-,18+,19+,20-/m1/s1. The molecule has 2 saturated heterocycles. The van der Waals surface area contributed by atoms with Gasteiger partial charge in [-0.05, 0) is 62.9 Å². The van der Waals surface area contributed by atoms with Gasteiger partial charge in [0.05, 0.1) is 24.4 Å². The van der Waals surface area contributed by atoms with Gasteiger partial charge in [0, 0.05) is 5.57 Å². The van der Waals surface area contributed by atoms with Gasteiger partial charge >= 0.3 is 0 Å². The first kappa shape index (κ1) is 17.7. The Morgan fingerprint density at radius 2 is 1.80 bits per heavy atom. The molecule has 7 atom stereocenters.